The zero-order valence-corrected chi connectivity index (χ0v) is 18.0. The number of aliphatic imine (C=N–C) groups is 1. The summed E-state index contributed by atoms with van der Waals surface area (Å²) >= 11 is 0. The largest absolute Gasteiger partial charge is 0.356 e. The summed E-state index contributed by atoms with van der Waals surface area (Å²) in [5.41, 5.74) is 0. The number of guanidine groups is 1. The van der Waals surface area contributed by atoms with Crippen LogP contribution in [0.4, 0.5) is 0 Å². The maximum Gasteiger partial charge on any atom is 0.191 e. The van der Waals surface area contributed by atoms with Crippen molar-refractivity contribution in [1.82, 2.24) is 20.4 Å². The Morgan fingerprint density at radius 3 is 2.38 bits per heavy atom. The van der Waals surface area contributed by atoms with Gasteiger partial charge in [-0.15, -0.1) is 24.0 Å². The lowest BCUT2D eigenvalue weighted by atomic mass is 10.0. The second kappa shape index (κ2) is 9.57. The van der Waals surface area contributed by atoms with Crippen LogP contribution >= 0.6 is 24.0 Å². The number of halogens is 1. The summed E-state index contributed by atoms with van der Waals surface area (Å²) in [6.07, 6.45) is 6.64. The molecule has 1 unspecified atom stereocenters. The molecule has 3 aliphatic rings. The van der Waals surface area contributed by atoms with Gasteiger partial charge >= 0.3 is 0 Å². The first-order valence-corrected chi connectivity index (χ1v) is 9.61. The predicted molar refractivity (Wildman–Crippen MR) is 112 cm³/mol. The van der Waals surface area contributed by atoms with Crippen molar-refractivity contribution in [1.29, 1.82) is 0 Å². The summed E-state index contributed by atoms with van der Waals surface area (Å²) in [5, 5.41) is 7.21. The minimum Gasteiger partial charge on any atom is -0.356 e. The summed E-state index contributed by atoms with van der Waals surface area (Å²) < 4.78 is 0. The van der Waals surface area contributed by atoms with E-state index in [0.29, 0.717) is 12.1 Å². The van der Waals surface area contributed by atoms with Crippen molar-refractivity contribution in [3.05, 3.63) is 0 Å². The molecule has 140 valence electrons. The molecule has 5 nitrogen and oxygen atoms in total. The van der Waals surface area contributed by atoms with E-state index in [1.54, 1.807) is 0 Å². The van der Waals surface area contributed by atoms with Crippen molar-refractivity contribution in [2.75, 3.05) is 39.8 Å². The van der Waals surface area contributed by atoms with Gasteiger partial charge in [0.15, 0.2) is 5.96 Å². The van der Waals surface area contributed by atoms with E-state index in [9.17, 15) is 0 Å². The van der Waals surface area contributed by atoms with Crippen molar-refractivity contribution in [2.45, 2.75) is 64.1 Å². The molecule has 3 rings (SSSR count). The normalized spacial score (nSPS) is 27.3. The number of likely N-dealkylation sites (tertiary alicyclic amines) is 2. The van der Waals surface area contributed by atoms with Gasteiger partial charge < -0.3 is 20.4 Å². The summed E-state index contributed by atoms with van der Waals surface area (Å²) in [7, 11) is 1.89. The lowest BCUT2D eigenvalue weighted by molar-refractivity contribution is 0.167. The fraction of sp³-hybridized carbons (Fsp3) is 0.944. The molecule has 0 aromatic rings. The first-order valence-electron chi connectivity index (χ1n) is 9.61. The average Bonchev–Trinajstić information content (AvgIpc) is 3.30. The lowest BCUT2D eigenvalue weighted by Crippen LogP contribution is -2.50. The Bertz CT molecular complexity index is 402. The number of piperidine rings is 1. The molecule has 1 aliphatic carbocycles. The van der Waals surface area contributed by atoms with Gasteiger partial charge in [-0.2, -0.15) is 0 Å². The van der Waals surface area contributed by atoms with E-state index in [1.807, 2.05) is 7.05 Å². The molecule has 0 amide bonds. The van der Waals surface area contributed by atoms with Crippen LogP contribution in [0.2, 0.25) is 0 Å². The van der Waals surface area contributed by atoms with Crippen molar-refractivity contribution in [3.63, 3.8) is 0 Å². The lowest BCUT2D eigenvalue weighted by Gasteiger charge is -2.35. The molecule has 24 heavy (non-hydrogen) atoms. The van der Waals surface area contributed by atoms with Crippen LogP contribution in [0.25, 0.3) is 0 Å². The Kier molecular flexibility index (Phi) is 8.07. The molecule has 1 atom stereocenters. The van der Waals surface area contributed by atoms with Gasteiger partial charge in [0.2, 0.25) is 0 Å². The molecular weight excluding hydrogens is 413 g/mol. The highest BCUT2D eigenvalue weighted by atomic mass is 127. The highest BCUT2D eigenvalue weighted by Crippen LogP contribution is 2.31. The van der Waals surface area contributed by atoms with E-state index in [2.05, 4.69) is 39.3 Å². The SMILES string of the molecule is CN=C(NCC1CCN(C2CC2)C1)NC1CCN(C(C)C)CC1.I. The molecule has 2 heterocycles. The number of nitrogens with one attached hydrogen (secondary N) is 2. The summed E-state index contributed by atoms with van der Waals surface area (Å²) in [6, 6.07) is 2.16. The van der Waals surface area contributed by atoms with Gasteiger partial charge in [0, 0.05) is 51.4 Å². The van der Waals surface area contributed by atoms with Crippen LogP contribution in [0.3, 0.4) is 0 Å². The zero-order valence-electron chi connectivity index (χ0n) is 15.6. The van der Waals surface area contributed by atoms with Crippen molar-refractivity contribution in [2.24, 2.45) is 10.9 Å². The molecule has 0 bridgehead atoms. The van der Waals surface area contributed by atoms with Crippen LogP contribution < -0.4 is 10.6 Å². The summed E-state index contributed by atoms with van der Waals surface area (Å²) in [6.45, 7) is 10.6. The summed E-state index contributed by atoms with van der Waals surface area (Å²) in [5.74, 6) is 1.79. The Balaban J connectivity index is 0.00000208. The van der Waals surface area contributed by atoms with Crippen molar-refractivity contribution in [3.8, 4) is 0 Å². The molecule has 0 aromatic carbocycles. The molecule has 3 fully saturated rings. The van der Waals surface area contributed by atoms with Crippen molar-refractivity contribution >= 4 is 29.9 Å². The second-order valence-electron chi connectivity index (χ2n) is 7.88. The van der Waals surface area contributed by atoms with E-state index < -0.39 is 0 Å². The third-order valence-corrected chi connectivity index (χ3v) is 5.76. The Morgan fingerprint density at radius 2 is 1.79 bits per heavy atom. The van der Waals surface area contributed by atoms with Gasteiger partial charge in [-0.05, 0) is 58.4 Å². The topological polar surface area (TPSA) is 42.9 Å². The Labute approximate surface area is 165 Å². The predicted octanol–water partition coefficient (Wildman–Crippen LogP) is 2.13. The van der Waals surface area contributed by atoms with Crippen LogP contribution in [0.15, 0.2) is 4.99 Å². The first kappa shape index (κ1) is 20.2. The molecule has 1 saturated carbocycles. The molecule has 0 spiro atoms. The van der Waals surface area contributed by atoms with Crippen LogP contribution in [-0.2, 0) is 0 Å². The minimum absolute atomic E-state index is 0. The molecule has 6 heteroatoms. The van der Waals surface area contributed by atoms with Gasteiger partial charge in [-0.25, -0.2) is 0 Å². The van der Waals surface area contributed by atoms with E-state index in [4.69, 9.17) is 0 Å². The number of hydrogen-bond acceptors (Lipinski definition) is 3. The Morgan fingerprint density at radius 1 is 1.08 bits per heavy atom. The number of hydrogen-bond donors (Lipinski definition) is 2. The molecule has 0 aromatic heterocycles. The Hall–Kier alpha value is -0.0800. The summed E-state index contributed by atoms with van der Waals surface area (Å²) in [4.78, 5) is 9.68. The fourth-order valence-electron chi connectivity index (χ4n) is 3.99. The maximum absolute atomic E-state index is 4.43. The van der Waals surface area contributed by atoms with Gasteiger partial charge in [0.25, 0.3) is 0 Å². The van der Waals surface area contributed by atoms with E-state index in [0.717, 1.165) is 24.5 Å². The highest BCUT2D eigenvalue weighted by molar-refractivity contribution is 14.0. The molecule has 2 saturated heterocycles. The van der Waals surface area contributed by atoms with Gasteiger partial charge in [-0.1, -0.05) is 0 Å². The molecule has 2 aliphatic heterocycles. The average molecular weight is 449 g/mol. The van der Waals surface area contributed by atoms with Crippen molar-refractivity contribution < 1.29 is 0 Å². The van der Waals surface area contributed by atoms with Crippen LogP contribution in [0, 0.1) is 5.92 Å². The van der Waals surface area contributed by atoms with Crippen LogP contribution in [0.1, 0.15) is 46.0 Å². The monoisotopic (exact) mass is 449 g/mol. The minimum atomic E-state index is 0. The van der Waals surface area contributed by atoms with Crippen LogP contribution in [-0.4, -0.2) is 73.7 Å². The third-order valence-electron chi connectivity index (χ3n) is 5.76. The first-order chi connectivity index (χ1) is 11.2. The molecular formula is C18H36IN5. The van der Waals surface area contributed by atoms with Crippen LogP contribution in [0.5, 0.6) is 0 Å². The quantitative estimate of drug-likeness (QED) is 0.384. The van der Waals surface area contributed by atoms with Gasteiger partial charge in [0.1, 0.15) is 0 Å². The molecule has 2 N–H and O–H groups in total. The standard InChI is InChI=1S/C18H35N5.HI/c1-14(2)22-10-7-16(8-11-22)21-18(19-3)20-12-15-6-9-23(13-15)17-4-5-17;/h14-17H,4-13H2,1-3H3,(H2,19,20,21);1H. The molecule has 0 radical (unpaired) electrons. The van der Waals surface area contributed by atoms with Gasteiger partial charge in [-0.3, -0.25) is 4.99 Å². The smallest absolute Gasteiger partial charge is 0.191 e. The van der Waals surface area contributed by atoms with Gasteiger partial charge in [0.05, 0.1) is 0 Å². The maximum atomic E-state index is 4.43. The second-order valence-corrected chi connectivity index (χ2v) is 7.88. The van der Waals surface area contributed by atoms with E-state index in [-0.39, 0.29) is 24.0 Å². The number of rotatable bonds is 5. The third kappa shape index (κ3) is 5.73. The van der Waals surface area contributed by atoms with E-state index in [1.165, 1.54) is 58.3 Å². The zero-order chi connectivity index (χ0) is 16.2. The fourth-order valence-corrected chi connectivity index (χ4v) is 3.99. The number of nitrogens with zero attached hydrogens (tertiary/aromatic N) is 3. The van der Waals surface area contributed by atoms with E-state index >= 15 is 0 Å². The highest BCUT2D eigenvalue weighted by Gasteiger charge is 2.34.